The van der Waals surface area contributed by atoms with Gasteiger partial charge in [-0.25, -0.2) is 9.37 Å². The molecule has 94 valence electrons. The molecule has 2 aromatic rings. The van der Waals surface area contributed by atoms with Gasteiger partial charge in [-0.15, -0.1) is 0 Å². The first kappa shape index (κ1) is 12.6. The van der Waals surface area contributed by atoms with Crippen LogP contribution in [-0.4, -0.2) is 22.4 Å². The van der Waals surface area contributed by atoms with Gasteiger partial charge >= 0.3 is 0 Å². The maximum atomic E-state index is 13.4. The lowest BCUT2D eigenvalue weighted by atomic mass is 10.2. The Morgan fingerprint density at radius 3 is 3.00 bits per heavy atom. The van der Waals surface area contributed by atoms with Gasteiger partial charge in [0.2, 0.25) is 0 Å². The van der Waals surface area contributed by atoms with Crippen molar-refractivity contribution in [1.82, 2.24) is 15.3 Å². The van der Waals surface area contributed by atoms with Crippen molar-refractivity contribution in [1.29, 1.82) is 0 Å². The van der Waals surface area contributed by atoms with Crippen molar-refractivity contribution < 1.29 is 9.18 Å². The largest absolute Gasteiger partial charge is 0.351 e. The van der Waals surface area contributed by atoms with Crippen molar-refractivity contribution in [3.63, 3.8) is 0 Å². The summed E-state index contributed by atoms with van der Waals surface area (Å²) in [5.41, 5.74) is -0.0150. The van der Waals surface area contributed by atoms with Gasteiger partial charge in [0.05, 0.1) is 5.56 Å². The molecule has 0 saturated heterocycles. The molecule has 0 fully saturated rings. The first-order valence-electron chi connectivity index (χ1n) is 5.38. The molecule has 1 amide bonds. The number of hydrogen-bond acceptors (Lipinski definition) is 2. The minimum absolute atomic E-state index is 0.0150. The van der Waals surface area contributed by atoms with Crippen LogP contribution in [-0.2, 0) is 6.42 Å². The summed E-state index contributed by atoms with van der Waals surface area (Å²) in [6.07, 6.45) is 3.90. The second-order valence-electron chi connectivity index (χ2n) is 3.67. The van der Waals surface area contributed by atoms with Crippen LogP contribution in [0.2, 0.25) is 5.02 Å². The van der Waals surface area contributed by atoms with Gasteiger partial charge in [-0.3, -0.25) is 4.79 Å². The normalized spacial score (nSPS) is 10.3. The maximum absolute atomic E-state index is 13.4. The Morgan fingerprint density at radius 2 is 2.33 bits per heavy atom. The van der Waals surface area contributed by atoms with Gasteiger partial charge in [-0.05, 0) is 18.2 Å². The Hall–Kier alpha value is -1.88. The molecule has 0 radical (unpaired) electrons. The van der Waals surface area contributed by atoms with Crippen LogP contribution in [0.4, 0.5) is 4.39 Å². The van der Waals surface area contributed by atoms with E-state index in [2.05, 4.69) is 15.3 Å². The number of rotatable bonds is 4. The van der Waals surface area contributed by atoms with Crippen LogP contribution in [0.5, 0.6) is 0 Å². The zero-order valence-corrected chi connectivity index (χ0v) is 10.2. The molecule has 2 rings (SSSR count). The van der Waals surface area contributed by atoms with Crippen LogP contribution < -0.4 is 5.32 Å². The Kier molecular flexibility index (Phi) is 3.94. The smallest absolute Gasteiger partial charge is 0.254 e. The zero-order valence-electron chi connectivity index (χ0n) is 9.41. The summed E-state index contributed by atoms with van der Waals surface area (Å²) in [4.78, 5) is 18.6. The summed E-state index contributed by atoms with van der Waals surface area (Å²) in [7, 11) is 0. The first-order chi connectivity index (χ1) is 8.66. The fourth-order valence-corrected chi connectivity index (χ4v) is 1.66. The Balaban J connectivity index is 1.91. The van der Waals surface area contributed by atoms with E-state index in [0.29, 0.717) is 13.0 Å². The molecule has 0 atom stereocenters. The van der Waals surface area contributed by atoms with Gasteiger partial charge in [0.25, 0.3) is 5.91 Å². The van der Waals surface area contributed by atoms with Crippen LogP contribution in [0.1, 0.15) is 16.2 Å². The predicted octanol–water partition coefficient (Wildman–Crippen LogP) is 2.17. The molecule has 1 aromatic heterocycles. The summed E-state index contributed by atoms with van der Waals surface area (Å²) in [5.74, 6) is -0.319. The van der Waals surface area contributed by atoms with Crippen LogP contribution in [0.15, 0.2) is 30.6 Å². The number of nitrogens with one attached hydrogen (secondary N) is 2. The molecule has 2 N–H and O–H groups in total. The van der Waals surface area contributed by atoms with Crippen molar-refractivity contribution in [2.75, 3.05) is 6.54 Å². The van der Waals surface area contributed by atoms with E-state index >= 15 is 0 Å². The van der Waals surface area contributed by atoms with E-state index in [1.807, 2.05) is 0 Å². The average molecular weight is 268 g/mol. The Morgan fingerprint density at radius 1 is 1.50 bits per heavy atom. The molecule has 0 aliphatic rings. The summed E-state index contributed by atoms with van der Waals surface area (Å²) in [6, 6.07) is 3.95. The third kappa shape index (κ3) is 3.07. The minimum atomic E-state index is -0.627. The summed E-state index contributed by atoms with van der Waals surface area (Å²) in [5, 5.41) is 2.88. The van der Waals surface area contributed by atoms with Crippen molar-refractivity contribution in [2.45, 2.75) is 6.42 Å². The summed E-state index contributed by atoms with van der Waals surface area (Å²) in [6.45, 7) is 0.383. The minimum Gasteiger partial charge on any atom is -0.351 e. The lowest BCUT2D eigenvalue weighted by Gasteiger charge is -2.05. The molecule has 0 spiro atoms. The SMILES string of the molecule is O=C(NCCc1ncc[nH]1)c1ccc(Cl)cc1F. The Labute approximate surface area is 108 Å². The Bertz CT molecular complexity index is 542. The van der Waals surface area contributed by atoms with E-state index in [1.54, 1.807) is 12.4 Å². The van der Waals surface area contributed by atoms with Crippen molar-refractivity contribution in [3.05, 3.63) is 52.8 Å². The number of carbonyl (C=O) groups is 1. The van der Waals surface area contributed by atoms with Crippen LogP contribution in [0, 0.1) is 5.82 Å². The van der Waals surface area contributed by atoms with Gasteiger partial charge in [-0.2, -0.15) is 0 Å². The van der Waals surface area contributed by atoms with Gasteiger partial charge < -0.3 is 10.3 Å². The third-order valence-electron chi connectivity index (χ3n) is 2.38. The van der Waals surface area contributed by atoms with E-state index in [-0.39, 0.29) is 10.6 Å². The highest BCUT2D eigenvalue weighted by atomic mass is 35.5. The van der Waals surface area contributed by atoms with Crippen LogP contribution in [0.3, 0.4) is 0 Å². The second-order valence-corrected chi connectivity index (χ2v) is 4.10. The number of aromatic amines is 1. The quantitative estimate of drug-likeness (QED) is 0.892. The first-order valence-corrected chi connectivity index (χ1v) is 5.76. The topological polar surface area (TPSA) is 57.8 Å². The highest BCUT2D eigenvalue weighted by molar-refractivity contribution is 6.30. The number of carbonyl (C=O) groups excluding carboxylic acids is 1. The fourth-order valence-electron chi connectivity index (χ4n) is 1.50. The standard InChI is InChI=1S/C12H11ClFN3O/c13-8-1-2-9(10(14)7-8)12(18)17-4-3-11-15-5-6-16-11/h1-2,5-7H,3-4H2,(H,15,16)(H,17,18). The number of benzene rings is 1. The molecule has 1 heterocycles. The van der Waals surface area contributed by atoms with Gasteiger partial charge in [0.15, 0.2) is 0 Å². The molecule has 0 bridgehead atoms. The number of imidazole rings is 1. The number of hydrogen-bond donors (Lipinski definition) is 2. The zero-order chi connectivity index (χ0) is 13.0. The monoisotopic (exact) mass is 267 g/mol. The fraction of sp³-hybridized carbons (Fsp3) is 0.167. The molecule has 0 aliphatic heterocycles. The molecular weight excluding hydrogens is 257 g/mol. The molecule has 0 aliphatic carbocycles. The molecule has 0 saturated carbocycles. The number of H-pyrrole nitrogens is 1. The molecule has 1 aromatic carbocycles. The number of nitrogens with zero attached hydrogens (tertiary/aromatic N) is 1. The third-order valence-corrected chi connectivity index (χ3v) is 2.61. The van der Waals surface area contributed by atoms with E-state index in [1.165, 1.54) is 12.1 Å². The lowest BCUT2D eigenvalue weighted by Crippen LogP contribution is -2.26. The molecule has 0 unspecified atom stereocenters. The van der Waals surface area contributed by atoms with E-state index in [9.17, 15) is 9.18 Å². The average Bonchev–Trinajstić information content (AvgIpc) is 2.81. The number of halogens is 2. The van der Waals surface area contributed by atoms with Gasteiger partial charge in [-0.1, -0.05) is 11.6 Å². The van der Waals surface area contributed by atoms with Crippen molar-refractivity contribution >= 4 is 17.5 Å². The summed E-state index contributed by atoms with van der Waals surface area (Å²) >= 11 is 5.61. The lowest BCUT2D eigenvalue weighted by molar-refractivity contribution is 0.0950. The van der Waals surface area contributed by atoms with Gasteiger partial charge in [0.1, 0.15) is 11.6 Å². The van der Waals surface area contributed by atoms with Crippen LogP contribution >= 0.6 is 11.6 Å². The van der Waals surface area contributed by atoms with Crippen molar-refractivity contribution in [3.8, 4) is 0 Å². The molecule has 4 nitrogen and oxygen atoms in total. The second kappa shape index (κ2) is 5.64. The van der Waals surface area contributed by atoms with E-state index in [4.69, 9.17) is 11.6 Å². The predicted molar refractivity (Wildman–Crippen MR) is 66.0 cm³/mol. The molecule has 18 heavy (non-hydrogen) atoms. The summed E-state index contributed by atoms with van der Waals surface area (Å²) < 4.78 is 13.4. The maximum Gasteiger partial charge on any atom is 0.254 e. The van der Waals surface area contributed by atoms with E-state index in [0.717, 1.165) is 11.9 Å². The van der Waals surface area contributed by atoms with Crippen LogP contribution in [0.25, 0.3) is 0 Å². The number of amides is 1. The highest BCUT2D eigenvalue weighted by Crippen LogP contribution is 2.14. The van der Waals surface area contributed by atoms with Crippen molar-refractivity contribution in [2.24, 2.45) is 0 Å². The highest BCUT2D eigenvalue weighted by Gasteiger charge is 2.11. The van der Waals surface area contributed by atoms with Gasteiger partial charge in [0, 0.05) is 30.4 Å². The molecular formula is C12H11ClFN3O. The van der Waals surface area contributed by atoms with E-state index < -0.39 is 11.7 Å². The number of aromatic nitrogens is 2. The molecule has 6 heteroatoms.